The Labute approximate surface area is 203 Å². The van der Waals surface area contributed by atoms with Gasteiger partial charge in [-0.15, -0.1) is 0 Å². The normalized spacial score (nSPS) is 13.5. The molecular formula is C26H19ClF3NO4. The standard InChI is InChI=1S/C26H19ClF3NO4/c1-14-24-16(12-31(13-34-24)22-10-17(26(28,29)30)5-8-21(22)27)9-20-19(11-23(32)35-25(14)20)15-3-6-18(33-2)7-4-15/h3-11H,12-13H2,1-2H3. The molecule has 0 unspecified atom stereocenters. The Bertz CT molecular complexity index is 1500. The zero-order valence-corrected chi connectivity index (χ0v) is 19.5. The molecule has 0 fully saturated rings. The molecule has 0 aliphatic carbocycles. The molecule has 1 aliphatic heterocycles. The molecular weight excluding hydrogens is 483 g/mol. The van der Waals surface area contributed by atoms with Crippen molar-refractivity contribution in [3.8, 4) is 22.6 Å². The summed E-state index contributed by atoms with van der Waals surface area (Å²) in [4.78, 5) is 14.0. The number of anilines is 1. The van der Waals surface area contributed by atoms with Crippen molar-refractivity contribution in [1.82, 2.24) is 0 Å². The highest BCUT2D eigenvalue weighted by atomic mass is 35.5. The van der Waals surface area contributed by atoms with Crippen LogP contribution in [0.1, 0.15) is 16.7 Å². The molecule has 1 aromatic heterocycles. The van der Waals surface area contributed by atoms with Crippen molar-refractivity contribution in [2.75, 3.05) is 18.7 Å². The second kappa shape index (κ2) is 8.53. The summed E-state index contributed by atoms with van der Waals surface area (Å²) in [6, 6.07) is 13.7. The second-order valence-electron chi connectivity index (χ2n) is 8.21. The molecule has 5 nitrogen and oxygen atoms in total. The largest absolute Gasteiger partial charge is 0.497 e. The third kappa shape index (κ3) is 4.18. The zero-order chi connectivity index (χ0) is 24.9. The van der Waals surface area contributed by atoms with E-state index < -0.39 is 17.4 Å². The van der Waals surface area contributed by atoms with Crippen molar-refractivity contribution >= 4 is 28.3 Å². The van der Waals surface area contributed by atoms with Gasteiger partial charge in [0.15, 0.2) is 6.73 Å². The number of aryl methyl sites for hydroxylation is 1. The van der Waals surface area contributed by atoms with E-state index in [1.54, 1.807) is 31.1 Å². The van der Waals surface area contributed by atoms with E-state index in [-0.39, 0.29) is 24.0 Å². The number of halogens is 4. The van der Waals surface area contributed by atoms with Gasteiger partial charge in [-0.25, -0.2) is 4.79 Å². The second-order valence-corrected chi connectivity index (χ2v) is 8.62. The van der Waals surface area contributed by atoms with Crippen LogP contribution in [0, 0.1) is 6.92 Å². The van der Waals surface area contributed by atoms with Gasteiger partial charge in [0.05, 0.1) is 23.4 Å². The van der Waals surface area contributed by atoms with Gasteiger partial charge in [-0.2, -0.15) is 13.2 Å². The Balaban J connectivity index is 1.62. The third-order valence-electron chi connectivity index (χ3n) is 6.03. The SMILES string of the molecule is COc1ccc(-c2cc(=O)oc3c(C)c4c(cc23)CN(c2cc(C(F)(F)F)ccc2Cl)CO4)cc1. The fraction of sp³-hybridized carbons (Fsp3) is 0.192. The van der Waals surface area contributed by atoms with E-state index in [4.69, 9.17) is 25.5 Å². The monoisotopic (exact) mass is 501 g/mol. The summed E-state index contributed by atoms with van der Waals surface area (Å²) in [5.41, 5.74) is 2.16. The average Bonchev–Trinajstić information content (AvgIpc) is 2.83. The van der Waals surface area contributed by atoms with Gasteiger partial charge in [-0.05, 0) is 54.4 Å². The van der Waals surface area contributed by atoms with E-state index in [0.717, 1.165) is 23.3 Å². The van der Waals surface area contributed by atoms with Crippen LogP contribution in [-0.2, 0) is 12.7 Å². The summed E-state index contributed by atoms with van der Waals surface area (Å²) in [6.07, 6.45) is -4.49. The Morgan fingerprint density at radius 3 is 2.49 bits per heavy atom. The van der Waals surface area contributed by atoms with E-state index in [0.29, 0.717) is 33.6 Å². The molecule has 4 aromatic rings. The lowest BCUT2D eigenvalue weighted by Gasteiger charge is -2.33. The van der Waals surface area contributed by atoms with Crippen LogP contribution in [0.2, 0.25) is 5.02 Å². The number of hydrogen-bond donors (Lipinski definition) is 0. The van der Waals surface area contributed by atoms with Gasteiger partial charge in [0.1, 0.15) is 17.1 Å². The predicted octanol–water partition coefficient (Wildman–Crippen LogP) is 6.81. The summed E-state index contributed by atoms with van der Waals surface area (Å²) >= 11 is 6.26. The molecule has 9 heteroatoms. The highest BCUT2D eigenvalue weighted by Gasteiger charge is 2.32. The lowest BCUT2D eigenvalue weighted by molar-refractivity contribution is -0.137. The molecule has 0 radical (unpaired) electrons. The number of nitrogens with zero attached hydrogens (tertiary/aromatic N) is 1. The van der Waals surface area contributed by atoms with E-state index in [1.807, 2.05) is 18.2 Å². The number of methoxy groups -OCH3 is 1. The minimum atomic E-state index is -4.49. The van der Waals surface area contributed by atoms with E-state index in [1.165, 1.54) is 12.1 Å². The van der Waals surface area contributed by atoms with Crippen LogP contribution < -0.4 is 20.0 Å². The van der Waals surface area contributed by atoms with Crippen molar-refractivity contribution in [3.63, 3.8) is 0 Å². The summed E-state index contributed by atoms with van der Waals surface area (Å²) < 4.78 is 56.5. The van der Waals surface area contributed by atoms with Crippen molar-refractivity contribution in [2.24, 2.45) is 0 Å². The minimum Gasteiger partial charge on any atom is -0.497 e. The Morgan fingerprint density at radius 2 is 1.80 bits per heavy atom. The van der Waals surface area contributed by atoms with Crippen LogP contribution >= 0.6 is 11.6 Å². The summed E-state index contributed by atoms with van der Waals surface area (Å²) in [5, 5.41) is 0.874. The van der Waals surface area contributed by atoms with Crippen LogP contribution in [0.25, 0.3) is 22.1 Å². The molecule has 2 heterocycles. The maximum atomic E-state index is 13.3. The highest BCUT2D eigenvalue weighted by molar-refractivity contribution is 6.33. The molecule has 0 saturated heterocycles. The molecule has 180 valence electrons. The first kappa shape index (κ1) is 23.1. The van der Waals surface area contributed by atoms with Gasteiger partial charge in [0, 0.05) is 29.1 Å². The van der Waals surface area contributed by atoms with Crippen molar-refractivity contribution in [1.29, 1.82) is 0 Å². The molecule has 5 rings (SSSR count). The molecule has 1 aliphatic rings. The minimum absolute atomic E-state index is 0.0111. The molecule has 0 N–H and O–H groups in total. The Hall–Kier alpha value is -3.65. The van der Waals surface area contributed by atoms with Gasteiger partial charge in [0.25, 0.3) is 0 Å². The van der Waals surface area contributed by atoms with E-state index in [9.17, 15) is 18.0 Å². The smallest absolute Gasteiger partial charge is 0.416 e. The number of benzene rings is 3. The molecule has 0 saturated carbocycles. The number of ether oxygens (including phenoxy) is 2. The maximum absolute atomic E-state index is 13.3. The summed E-state index contributed by atoms with van der Waals surface area (Å²) in [5.74, 6) is 1.21. The van der Waals surface area contributed by atoms with Gasteiger partial charge >= 0.3 is 11.8 Å². The topological polar surface area (TPSA) is 51.9 Å². The number of alkyl halides is 3. The first-order chi connectivity index (χ1) is 16.7. The fourth-order valence-corrected chi connectivity index (χ4v) is 4.55. The summed E-state index contributed by atoms with van der Waals surface area (Å²) in [6.45, 7) is 2.03. The lowest BCUT2D eigenvalue weighted by atomic mass is 9.96. The lowest BCUT2D eigenvalue weighted by Crippen LogP contribution is -2.32. The number of fused-ring (bicyclic) bond motifs is 2. The molecule has 3 aromatic carbocycles. The fourth-order valence-electron chi connectivity index (χ4n) is 4.32. The molecule has 0 amide bonds. The van der Waals surface area contributed by atoms with Crippen molar-refractivity contribution < 1.29 is 27.1 Å². The molecule has 0 bridgehead atoms. The van der Waals surface area contributed by atoms with Crippen LogP contribution in [0.5, 0.6) is 11.5 Å². The van der Waals surface area contributed by atoms with Crippen LogP contribution in [0.15, 0.2) is 63.8 Å². The van der Waals surface area contributed by atoms with Crippen LogP contribution in [0.4, 0.5) is 18.9 Å². The summed E-state index contributed by atoms with van der Waals surface area (Å²) in [7, 11) is 1.57. The van der Waals surface area contributed by atoms with Gasteiger partial charge in [-0.1, -0.05) is 23.7 Å². The van der Waals surface area contributed by atoms with Gasteiger partial charge in [-0.3, -0.25) is 0 Å². The van der Waals surface area contributed by atoms with Crippen molar-refractivity contribution in [2.45, 2.75) is 19.6 Å². The Morgan fingerprint density at radius 1 is 1.06 bits per heavy atom. The van der Waals surface area contributed by atoms with Gasteiger partial charge in [0.2, 0.25) is 0 Å². The quantitative estimate of drug-likeness (QED) is 0.289. The predicted molar refractivity (Wildman–Crippen MR) is 127 cm³/mol. The highest BCUT2D eigenvalue weighted by Crippen LogP contribution is 2.41. The van der Waals surface area contributed by atoms with Crippen LogP contribution in [0.3, 0.4) is 0 Å². The Kier molecular flexibility index (Phi) is 5.63. The zero-order valence-electron chi connectivity index (χ0n) is 18.7. The van der Waals surface area contributed by atoms with E-state index >= 15 is 0 Å². The molecule has 0 spiro atoms. The first-order valence-electron chi connectivity index (χ1n) is 10.6. The molecule has 35 heavy (non-hydrogen) atoms. The molecule has 0 atom stereocenters. The van der Waals surface area contributed by atoms with Gasteiger partial charge < -0.3 is 18.8 Å². The van der Waals surface area contributed by atoms with E-state index in [2.05, 4.69) is 0 Å². The van der Waals surface area contributed by atoms with Crippen LogP contribution in [-0.4, -0.2) is 13.8 Å². The number of hydrogen-bond acceptors (Lipinski definition) is 5. The van der Waals surface area contributed by atoms with Crippen molar-refractivity contribution in [3.05, 3.63) is 86.7 Å². The maximum Gasteiger partial charge on any atom is 0.416 e. The third-order valence-corrected chi connectivity index (χ3v) is 6.35. The first-order valence-corrected chi connectivity index (χ1v) is 11.0. The average molecular weight is 502 g/mol. The number of rotatable bonds is 3.